The number of ether oxygens (including phenoxy) is 1. The smallest absolute Gasteiger partial charge is 0.275 e. The number of piperazine rings is 1. The number of non-ortho nitro benzene ring substituents is 1. The van der Waals surface area contributed by atoms with Gasteiger partial charge in [0.15, 0.2) is 0 Å². The Labute approximate surface area is 125 Å². The van der Waals surface area contributed by atoms with Crippen LogP contribution in [-0.4, -0.2) is 36.7 Å². The van der Waals surface area contributed by atoms with Gasteiger partial charge in [-0.1, -0.05) is 6.92 Å². The maximum absolute atomic E-state index is 11.1. The van der Waals surface area contributed by atoms with Crippen LogP contribution in [0, 0.1) is 10.1 Å². The predicted molar refractivity (Wildman–Crippen MR) is 83.2 cm³/mol. The monoisotopic (exact) mass is 293 g/mol. The second kappa shape index (κ2) is 6.76. The summed E-state index contributed by atoms with van der Waals surface area (Å²) in [6.07, 6.45) is 0.875. The standard InChI is InChI=1S/C15H23N3O3/c1-4-5-21-15-7-13(6-14(8-15)18(19)20)17-9-11(2)16-12(3)10-17/h6-8,11-12,16H,4-5,9-10H2,1-3H3. The van der Waals surface area contributed by atoms with E-state index >= 15 is 0 Å². The van der Waals surface area contributed by atoms with Crippen molar-refractivity contribution in [2.45, 2.75) is 39.3 Å². The molecule has 0 bridgehead atoms. The van der Waals surface area contributed by atoms with E-state index in [0.717, 1.165) is 25.2 Å². The second-order valence-electron chi connectivity index (χ2n) is 5.66. The van der Waals surface area contributed by atoms with Gasteiger partial charge >= 0.3 is 0 Å². The van der Waals surface area contributed by atoms with E-state index in [1.165, 1.54) is 6.07 Å². The molecule has 0 saturated carbocycles. The number of nitro groups is 1. The van der Waals surface area contributed by atoms with Crippen molar-refractivity contribution in [1.82, 2.24) is 5.32 Å². The van der Waals surface area contributed by atoms with Gasteiger partial charge in [0.2, 0.25) is 0 Å². The number of nitrogens with one attached hydrogen (secondary N) is 1. The van der Waals surface area contributed by atoms with Crippen LogP contribution in [0.4, 0.5) is 11.4 Å². The molecule has 21 heavy (non-hydrogen) atoms. The Kier molecular flexibility index (Phi) is 5.01. The summed E-state index contributed by atoms with van der Waals surface area (Å²) in [6.45, 7) is 8.48. The van der Waals surface area contributed by atoms with Crippen molar-refractivity contribution in [2.75, 3.05) is 24.6 Å². The highest BCUT2D eigenvalue weighted by molar-refractivity contribution is 5.58. The molecule has 1 fully saturated rings. The molecule has 116 valence electrons. The fraction of sp³-hybridized carbons (Fsp3) is 0.600. The lowest BCUT2D eigenvalue weighted by atomic mass is 10.1. The van der Waals surface area contributed by atoms with Crippen molar-refractivity contribution in [2.24, 2.45) is 0 Å². The van der Waals surface area contributed by atoms with Crippen molar-refractivity contribution in [3.05, 3.63) is 28.3 Å². The summed E-state index contributed by atoms with van der Waals surface area (Å²) in [6, 6.07) is 5.73. The Balaban J connectivity index is 2.28. The first-order valence-electron chi connectivity index (χ1n) is 7.43. The second-order valence-corrected chi connectivity index (χ2v) is 5.66. The number of hydrogen-bond donors (Lipinski definition) is 1. The van der Waals surface area contributed by atoms with E-state index in [1.807, 2.05) is 13.0 Å². The fourth-order valence-corrected chi connectivity index (χ4v) is 2.70. The van der Waals surface area contributed by atoms with E-state index in [-0.39, 0.29) is 10.6 Å². The third-order valence-corrected chi connectivity index (χ3v) is 3.48. The Morgan fingerprint density at radius 1 is 1.33 bits per heavy atom. The van der Waals surface area contributed by atoms with Gasteiger partial charge in [0.1, 0.15) is 5.75 Å². The van der Waals surface area contributed by atoms with E-state index < -0.39 is 0 Å². The summed E-state index contributed by atoms with van der Waals surface area (Å²) in [5.74, 6) is 0.569. The molecule has 0 aliphatic carbocycles. The van der Waals surface area contributed by atoms with Gasteiger partial charge in [0.25, 0.3) is 5.69 Å². The highest BCUT2D eigenvalue weighted by atomic mass is 16.6. The first-order valence-corrected chi connectivity index (χ1v) is 7.43. The van der Waals surface area contributed by atoms with Crippen LogP contribution in [-0.2, 0) is 0 Å². The predicted octanol–water partition coefficient (Wildman–Crippen LogP) is 2.57. The molecule has 1 aromatic rings. The van der Waals surface area contributed by atoms with Gasteiger partial charge in [-0.05, 0) is 20.3 Å². The topological polar surface area (TPSA) is 67.6 Å². The van der Waals surface area contributed by atoms with E-state index in [0.29, 0.717) is 24.4 Å². The maximum atomic E-state index is 11.1. The molecule has 1 aromatic carbocycles. The van der Waals surface area contributed by atoms with Crippen molar-refractivity contribution < 1.29 is 9.66 Å². The minimum Gasteiger partial charge on any atom is -0.493 e. The van der Waals surface area contributed by atoms with Gasteiger partial charge in [0.05, 0.1) is 17.6 Å². The highest BCUT2D eigenvalue weighted by Gasteiger charge is 2.23. The molecule has 2 rings (SSSR count). The SMILES string of the molecule is CCCOc1cc(N2CC(C)NC(C)C2)cc([N+](=O)[O-])c1. The van der Waals surface area contributed by atoms with E-state index in [1.54, 1.807) is 6.07 Å². The molecule has 2 unspecified atom stereocenters. The molecule has 1 heterocycles. The van der Waals surface area contributed by atoms with Gasteiger partial charge in [-0.3, -0.25) is 10.1 Å². The zero-order valence-electron chi connectivity index (χ0n) is 12.8. The normalized spacial score (nSPS) is 22.1. The third-order valence-electron chi connectivity index (χ3n) is 3.48. The summed E-state index contributed by atoms with van der Waals surface area (Å²) in [7, 11) is 0. The van der Waals surface area contributed by atoms with E-state index in [4.69, 9.17) is 4.74 Å². The molecule has 1 saturated heterocycles. The molecule has 6 heteroatoms. The first-order chi connectivity index (χ1) is 9.99. The van der Waals surface area contributed by atoms with Crippen molar-refractivity contribution >= 4 is 11.4 Å². The molecule has 6 nitrogen and oxygen atoms in total. The summed E-state index contributed by atoms with van der Waals surface area (Å²) in [5.41, 5.74) is 0.938. The van der Waals surface area contributed by atoms with Crippen molar-refractivity contribution in [1.29, 1.82) is 0 Å². The lowest BCUT2D eigenvalue weighted by Gasteiger charge is -2.37. The summed E-state index contributed by atoms with van der Waals surface area (Å²) < 4.78 is 5.58. The number of benzene rings is 1. The van der Waals surface area contributed by atoms with Crippen LogP contribution in [0.2, 0.25) is 0 Å². The zero-order chi connectivity index (χ0) is 15.4. The fourth-order valence-electron chi connectivity index (χ4n) is 2.70. The van der Waals surface area contributed by atoms with Gasteiger partial charge in [-0.15, -0.1) is 0 Å². The van der Waals surface area contributed by atoms with Gasteiger partial charge in [-0.25, -0.2) is 0 Å². The molecular weight excluding hydrogens is 270 g/mol. The van der Waals surface area contributed by atoms with E-state index in [2.05, 4.69) is 24.1 Å². The molecule has 1 N–H and O–H groups in total. The molecule has 0 radical (unpaired) electrons. The highest BCUT2D eigenvalue weighted by Crippen LogP contribution is 2.29. The largest absolute Gasteiger partial charge is 0.493 e. The molecular formula is C15H23N3O3. The number of rotatable bonds is 5. The minimum atomic E-state index is -0.364. The summed E-state index contributed by atoms with van der Waals surface area (Å²) in [4.78, 5) is 12.9. The molecule has 1 aliphatic rings. The first kappa shape index (κ1) is 15.6. The Bertz CT molecular complexity index is 497. The van der Waals surface area contributed by atoms with Crippen LogP contribution in [0.15, 0.2) is 18.2 Å². The Morgan fingerprint density at radius 2 is 2.00 bits per heavy atom. The summed E-state index contributed by atoms with van der Waals surface area (Å²) >= 11 is 0. The number of hydrogen-bond acceptors (Lipinski definition) is 5. The Hall–Kier alpha value is -1.82. The quantitative estimate of drug-likeness (QED) is 0.667. The zero-order valence-corrected chi connectivity index (χ0v) is 12.8. The van der Waals surface area contributed by atoms with Gasteiger partial charge in [-0.2, -0.15) is 0 Å². The van der Waals surface area contributed by atoms with Crippen LogP contribution in [0.25, 0.3) is 0 Å². The van der Waals surface area contributed by atoms with Crippen LogP contribution < -0.4 is 15.0 Å². The van der Waals surface area contributed by atoms with E-state index in [9.17, 15) is 10.1 Å². The van der Waals surface area contributed by atoms with Gasteiger partial charge < -0.3 is 15.0 Å². The Morgan fingerprint density at radius 3 is 2.57 bits per heavy atom. The van der Waals surface area contributed by atoms with Crippen molar-refractivity contribution in [3.63, 3.8) is 0 Å². The molecule has 0 spiro atoms. The van der Waals surface area contributed by atoms with Crippen LogP contribution in [0.3, 0.4) is 0 Å². The third kappa shape index (κ3) is 4.07. The van der Waals surface area contributed by atoms with Gasteiger partial charge in [0, 0.05) is 43.0 Å². The lowest BCUT2D eigenvalue weighted by Crippen LogP contribution is -2.54. The average molecular weight is 293 g/mol. The maximum Gasteiger partial charge on any atom is 0.275 e. The molecule has 0 aromatic heterocycles. The van der Waals surface area contributed by atoms with Crippen LogP contribution in [0.1, 0.15) is 27.2 Å². The molecule has 2 atom stereocenters. The minimum absolute atomic E-state index is 0.0810. The van der Waals surface area contributed by atoms with Crippen LogP contribution in [0.5, 0.6) is 5.75 Å². The number of anilines is 1. The van der Waals surface area contributed by atoms with Crippen molar-refractivity contribution in [3.8, 4) is 5.75 Å². The number of nitro benzene ring substituents is 1. The molecule has 1 aliphatic heterocycles. The summed E-state index contributed by atoms with van der Waals surface area (Å²) in [5, 5.41) is 14.6. The lowest BCUT2D eigenvalue weighted by molar-refractivity contribution is -0.384. The molecule has 0 amide bonds. The average Bonchev–Trinajstić information content (AvgIpc) is 2.43. The van der Waals surface area contributed by atoms with Crippen LogP contribution >= 0.6 is 0 Å². The number of nitrogens with zero attached hydrogens (tertiary/aromatic N) is 2.